The zero-order chi connectivity index (χ0) is 20.8. The van der Waals surface area contributed by atoms with Crippen molar-refractivity contribution in [2.24, 2.45) is 5.10 Å². The van der Waals surface area contributed by atoms with E-state index in [-0.39, 0.29) is 18.2 Å². The Kier molecular flexibility index (Phi) is 6.24. The third-order valence-electron chi connectivity index (χ3n) is 4.52. The Balaban J connectivity index is 1.69. The van der Waals surface area contributed by atoms with Crippen LogP contribution >= 0.6 is 0 Å². The van der Waals surface area contributed by atoms with Gasteiger partial charge >= 0.3 is 0 Å². The summed E-state index contributed by atoms with van der Waals surface area (Å²) in [5.74, 6) is -0.256. The molecule has 0 saturated carbocycles. The Morgan fingerprint density at radius 2 is 1.72 bits per heavy atom. The molecule has 0 spiro atoms. The first kappa shape index (κ1) is 20.1. The number of hydrogen-bond acceptors (Lipinski definition) is 3. The van der Waals surface area contributed by atoms with Crippen LogP contribution in [-0.4, -0.2) is 22.6 Å². The number of hydrazone groups is 1. The molecule has 2 amide bonds. The van der Waals surface area contributed by atoms with E-state index in [2.05, 4.69) is 20.4 Å². The maximum absolute atomic E-state index is 12.0. The van der Waals surface area contributed by atoms with Gasteiger partial charge in [-0.25, -0.2) is 5.43 Å². The summed E-state index contributed by atoms with van der Waals surface area (Å²) in [7, 11) is 0. The normalized spacial score (nSPS) is 10.9. The van der Waals surface area contributed by atoms with Gasteiger partial charge in [0, 0.05) is 35.2 Å². The van der Waals surface area contributed by atoms with Crippen LogP contribution in [0.15, 0.2) is 65.8 Å². The van der Waals surface area contributed by atoms with Gasteiger partial charge in [0.05, 0.1) is 12.6 Å². The monoisotopic (exact) mass is 388 g/mol. The summed E-state index contributed by atoms with van der Waals surface area (Å²) in [5.41, 5.74) is 8.25. The fourth-order valence-corrected chi connectivity index (χ4v) is 3.21. The molecule has 29 heavy (non-hydrogen) atoms. The summed E-state index contributed by atoms with van der Waals surface area (Å²) in [6.07, 6.45) is 1.95. The lowest BCUT2D eigenvalue weighted by Gasteiger charge is -2.10. The van der Waals surface area contributed by atoms with Crippen molar-refractivity contribution in [2.75, 3.05) is 5.32 Å². The Morgan fingerprint density at radius 1 is 1.03 bits per heavy atom. The Labute approximate surface area is 170 Å². The molecule has 6 heteroatoms. The molecule has 148 valence electrons. The molecule has 0 saturated heterocycles. The van der Waals surface area contributed by atoms with Crippen LogP contribution in [0, 0.1) is 13.8 Å². The molecule has 0 aliphatic rings. The summed E-state index contributed by atoms with van der Waals surface area (Å²) in [5, 5.41) is 6.87. The van der Waals surface area contributed by atoms with Crippen LogP contribution in [0.3, 0.4) is 0 Å². The van der Waals surface area contributed by atoms with E-state index in [1.54, 1.807) is 6.21 Å². The molecule has 6 nitrogen and oxygen atoms in total. The molecule has 1 aromatic heterocycles. The first-order chi connectivity index (χ1) is 13.9. The summed E-state index contributed by atoms with van der Waals surface area (Å²) in [6, 6.07) is 19.2. The second-order valence-corrected chi connectivity index (χ2v) is 6.85. The minimum atomic E-state index is -0.158. The Hall–Kier alpha value is -3.67. The van der Waals surface area contributed by atoms with Crippen LogP contribution in [0.4, 0.5) is 5.69 Å². The molecule has 2 N–H and O–H groups in total. The average molecular weight is 388 g/mol. The smallest absolute Gasteiger partial charge is 0.244 e. The molecular weight excluding hydrogens is 364 g/mol. The highest BCUT2D eigenvalue weighted by Gasteiger charge is 2.10. The van der Waals surface area contributed by atoms with E-state index in [0.29, 0.717) is 0 Å². The largest absolute Gasteiger partial charge is 0.326 e. The van der Waals surface area contributed by atoms with Gasteiger partial charge in [0.2, 0.25) is 11.8 Å². The van der Waals surface area contributed by atoms with Crippen LogP contribution in [-0.2, 0) is 16.0 Å². The fourth-order valence-electron chi connectivity index (χ4n) is 3.21. The van der Waals surface area contributed by atoms with Crippen molar-refractivity contribution in [1.82, 2.24) is 9.99 Å². The lowest BCUT2D eigenvalue weighted by Crippen LogP contribution is -2.19. The maximum atomic E-state index is 12.0. The highest BCUT2D eigenvalue weighted by Crippen LogP contribution is 2.21. The van der Waals surface area contributed by atoms with Gasteiger partial charge in [-0.2, -0.15) is 5.10 Å². The van der Waals surface area contributed by atoms with Gasteiger partial charge < -0.3 is 9.88 Å². The number of nitrogens with one attached hydrogen (secondary N) is 2. The number of hydrogen-bond donors (Lipinski definition) is 2. The number of rotatable bonds is 6. The van der Waals surface area contributed by atoms with Crippen molar-refractivity contribution in [3.05, 3.63) is 83.2 Å². The number of carbonyl (C=O) groups is 2. The number of aryl methyl sites for hydroxylation is 1. The molecule has 0 aliphatic carbocycles. The molecule has 2 aromatic carbocycles. The zero-order valence-corrected chi connectivity index (χ0v) is 16.8. The van der Waals surface area contributed by atoms with Crippen molar-refractivity contribution in [1.29, 1.82) is 0 Å². The number of anilines is 1. The van der Waals surface area contributed by atoms with E-state index in [1.807, 2.05) is 74.5 Å². The number of aromatic nitrogens is 1. The molecule has 0 bridgehead atoms. The van der Waals surface area contributed by atoms with Crippen LogP contribution in [0.25, 0.3) is 5.69 Å². The second kappa shape index (κ2) is 9.01. The van der Waals surface area contributed by atoms with Gasteiger partial charge in [-0.05, 0) is 49.7 Å². The van der Waals surface area contributed by atoms with Crippen LogP contribution in [0.5, 0.6) is 0 Å². The second-order valence-electron chi connectivity index (χ2n) is 6.85. The molecule has 3 aromatic rings. The molecule has 1 heterocycles. The molecule has 3 rings (SSSR count). The van der Waals surface area contributed by atoms with Crippen molar-refractivity contribution >= 4 is 23.7 Å². The fraction of sp³-hybridized carbons (Fsp3) is 0.174. The summed E-state index contributed by atoms with van der Waals surface area (Å²) in [6.45, 7) is 5.50. The third kappa shape index (κ3) is 5.19. The molecule has 0 atom stereocenters. The first-order valence-electron chi connectivity index (χ1n) is 9.37. The van der Waals surface area contributed by atoms with E-state index in [9.17, 15) is 9.59 Å². The highest BCUT2D eigenvalue weighted by molar-refractivity contribution is 5.88. The Morgan fingerprint density at radius 3 is 2.38 bits per heavy atom. The standard InChI is InChI=1S/C23H24N4O2/c1-16-13-20(15-24-26-23(29)14-19-7-5-4-6-8-19)17(2)27(16)22-11-9-21(10-12-22)25-18(3)28/h4-13,15H,14H2,1-3H3,(H,25,28)(H,26,29)/b24-15+. The quantitative estimate of drug-likeness (QED) is 0.498. The van der Waals surface area contributed by atoms with E-state index < -0.39 is 0 Å². The van der Waals surface area contributed by atoms with Crippen LogP contribution < -0.4 is 10.7 Å². The number of carbonyl (C=O) groups excluding carboxylic acids is 2. The van der Waals surface area contributed by atoms with Crippen molar-refractivity contribution in [3.63, 3.8) is 0 Å². The van der Waals surface area contributed by atoms with Gasteiger partial charge in [0.1, 0.15) is 0 Å². The van der Waals surface area contributed by atoms with Crippen LogP contribution in [0.1, 0.15) is 29.4 Å². The summed E-state index contributed by atoms with van der Waals surface area (Å²) in [4.78, 5) is 23.2. The molecular formula is C23H24N4O2. The average Bonchev–Trinajstić information content (AvgIpc) is 2.96. The van der Waals surface area contributed by atoms with Gasteiger partial charge in [-0.1, -0.05) is 30.3 Å². The van der Waals surface area contributed by atoms with Gasteiger partial charge in [0.15, 0.2) is 0 Å². The lowest BCUT2D eigenvalue weighted by molar-refractivity contribution is -0.120. The first-order valence-corrected chi connectivity index (χ1v) is 9.37. The predicted octanol–water partition coefficient (Wildman–Crippen LogP) is 3.75. The maximum Gasteiger partial charge on any atom is 0.244 e. The number of amides is 2. The van der Waals surface area contributed by atoms with Crippen molar-refractivity contribution in [3.8, 4) is 5.69 Å². The Bertz CT molecular complexity index is 1030. The van der Waals surface area contributed by atoms with E-state index in [0.717, 1.165) is 33.9 Å². The van der Waals surface area contributed by atoms with Gasteiger partial charge in [-0.15, -0.1) is 0 Å². The van der Waals surface area contributed by atoms with E-state index >= 15 is 0 Å². The third-order valence-corrected chi connectivity index (χ3v) is 4.52. The van der Waals surface area contributed by atoms with Crippen LogP contribution in [0.2, 0.25) is 0 Å². The predicted molar refractivity (Wildman–Crippen MR) is 115 cm³/mol. The zero-order valence-electron chi connectivity index (χ0n) is 16.8. The topological polar surface area (TPSA) is 75.5 Å². The number of nitrogens with zero attached hydrogens (tertiary/aromatic N) is 2. The van der Waals surface area contributed by atoms with Crippen molar-refractivity contribution in [2.45, 2.75) is 27.2 Å². The molecule has 0 fully saturated rings. The van der Waals surface area contributed by atoms with Gasteiger partial charge in [0.25, 0.3) is 0 Å². The van der Waals surface area contributed by atoms with E-state index in [1.165, 1.54) is 6.92 Å². The summed E-state index contributed by atoms with van der Waals surface area (Å²) < 4.78 is 2.10. The highest BCUT2D eigenvalue weighted by atomic mass is 16.2. The molecule has 0 unspecified atom stereocenters. The van der Waals surface area contributed by atoms with E-state index in [4.69, 9.17) is 0 Å². The minimum absolute atomic E-state index is 0.0983. The minimum Gasteiger partial charge on any atom is -0.326 e. The molecule has 0 aliphatic heterocycles. The summed E-state index contributed by atoms with van der Waals surface area (Å²) >= 11 is 0. The van der Waals surface area contributed by atoms with Gasteiger partial charge in [-0.3, -0.25) is 9.59 Å². The van der Waals surface area contributed by atoms with Crippen molar-refractivity contribution < 1.29 is 9.59 Å². The SMILES string of the molecule is CC(=O)Nc1ccc(-n2c(C)cc(/C=N/NC(=O)Cc3ccccc3)c2C)cc1. The lowest BCUT2D eigenvalue weighted by atomic mass is 10.1. The number of benzene rings is 2. The molecule has 0 radical (unpaired) electrons.